The average Bonchev–Trinajstić information content (AvgIpc) is 2.72. The van der Waals surface area contributed by atoms with Crippen LogP contribution in [0.4, 0.5) is 0 Å². The molecule has 6 nitrogen and oxygen atoms in total. The third-order valence-corrected chi connectivity index (χ3v) is 4.26. The van der Waals surface area contributed by atoms with Crippen molar-refractivity contribution in [2.75, 3.05) is 5.75 Å². The maximum Gasteiger partial charge on any atom is 0.241 e. The van der Waals surface area contributed by atoms with Crippen LogP contribution in [0.15, 0.2) is 12.7 Å². The largest absolute Gasteiger partial charge is 0.241 e. The van der Waals surface area contributed by atoms with E-state index < -0.39 is 10.0 Å². The first-order chi connectivity index (χ1) is 8.06. The fourth-order valence-electron chi connectivity index (χ4n) is 1.41. The second-order valence-corrected chi connectivity index (χ2v) is 5.87. The predicted molar refractivity (Wildman–Crippen MR) is 64.4 cm³/mol. The SMILES string of the molecule is CCCCS(=O)(=O)n1cnc2c(Cl)ncnc21. The molecule has 2 rings (SSSR count). The van der Waals surface area contributed by atoms with Crippen LogP contribution >= 0.6 is 11.6 Å². The van der Waals surface area contributed by atoms with E-state index in [9.17, 15) is 8.42 Å². The number of imidazole rings is 1. The fraction of sp³-hybridized carbons (Fsp3) is 0.444. The number of hydrogen-bond donors (Lipinski definition) is 0. The molecule has 92 valence electrons. The Balaban J connectivity index is 2.53. The molecule has 2 aromatic rings. The summed E-state index contributed by atoms with van der Waals surface area (Å²) in [4.78, 5) is 11.6. The van der Waals surface area contributed by atoms with Crippen molar-refractivity contribution in [3.05, 3.63) is 17.8 Å². The molecule has 0 amide bonds. The van der Waals surface area contributed by atoms with Crippen LogP contribution in [-0.4, -0.2) is 33.1 Å². The smallest absolute Gasteiger partial charge is 0.231 e. The summed E-state index contributed by atoms with van der Waals surface area (Å²) >= 11 is 5.80. The monoisotopic (exact) mass is 274 g/mol. The molecule has 0 fully saturated rings. The minimum atomic E-state index is -3.42. The molecule has 0 spiro atoms. The topological polar surface area (TPSA) is 77.7 Å². The number of hydrogen-bond acceptors (Lipinski definition) is 5. The van der Waals surface area contributed by atoms with Gasteiger partial charge in [-0.3, -0.25) is 0 Å². The summed E-state index contributed by atoms with van der Waals surface area (Å²) in [5.41, 5.74) is 0.523. The van der Waals surface area contributed by atoms with Gasteiger partial charge >= 0.3 is 0 Å². The van der Waals surface area contributed by atoms with Gasteiger partial charge in [-0.2, -0.15) is 0 Å². The molecular weight excluding hydrogens is 264 g/mol. The first-order valence-corrected chi connectivity index (χ1v) is 7.12. The molecule has 0 radical (unpaired) electrons. The Hall–Kier alpha value is -1.21. The highest BCUT2D eigenvalue weighted by Crippen LogP contribution is 2.18. The zero-order valence-electron chi connectivity index (χ0n) is 9.17. The van der Waals surface area contributed by atoms with E-state index in [4.69, 9.17) is 11.6 Å². The van der Waals surface area contributed by atoms with Gasteiger partial charge in [0.2, 0.25) is 10.0 Å². The molecule has 17 heavy (non-hydrogen) atoms. The van der Waals surface area contributed by atoms with Crippen molar-refractivity contribution in [1.82, 2.24) is 18.9 Å². The molecule has 0 unspecified atom stereocenters. The van der Waals surface area contributed by atoms with Crippen LogP contribution in [0.25, 0.3) is 11.2 Å². The van der Waals surface area contributed by atoms with Crippen LogP contribution in [0.3, 0.4) is 0 Å². The molecule has 0 saturated carbocycles. The van der Waals surface area contributed by atoms with E-state index in [0.29, 0.717) is 11.9 Å². The van der Waals surface area contributed by atoms with Crippen molar-refractivity contribution in [3.63, 3.8) is 0 Å². The Kier molecular flexibility index (Phi) is 3.30. The van der Waals surface area contributed by atoms with Gasteiger partial charge in [0.1, 0.15) is 18.2 Å². The van der Waals surface area contributed by atoms with Crippen molar-refractivity contribution < 1.29 is 8.42 Å². The maximum atomic E-state index is 12.0. The standard InChI is InChI=1S/C9H11ClN4O2S/c1-2-3-4-17(15,16)14-6-13-7-8(10)11-5-12-9(7)14/h5-6H,2-4H2,1H3. The zero-order valence-corrected chi connectivity index (χ0v) is 10.7. The van der Waals surface area contributed by atoms with Gasteiger partial charge in [0, 0.05) is 0 Å². The van der Waals surface area contributed by atoms with Crippen molar-refractivity contribution >= 4 is 32.8 Å². The van der Waals surface area contributed by atoms with Crippen molar-refractivity contribution in [3.8, 4) is 0 Å². The van der Waals surface area contributed by atoms with Crippen LogP contribution in [0.5, 0.6) is 0 Å². The van der Waals surface area contributed by atoms with Gasteiger partial charge < -0.3 is 0 Å². The second-order valence-electron chi connectivity index (χ2n) is 3.55. The van der Waals surface area contributed by atoms with E-state index >= 15 is 0 Å². The van der Waals surface area contributed by atoms with Gasteiger partial charge in [-0.25, -0.2) is 27.3 Å². The molecule has 0 N–H and O–H groups in total. The first-order valence-electron chi connectivity index (χ1n) is 5.13. The van der Waals surface area contributed by atoms with E-state index in [1.807, 2.05) is 6.92 Å². The summed E-state index contributed by atoms with van der Waals surface area (Å²) < 4.78 is 25.1. The minimum absolute atomic E-state index is 0.0661. The molecule has 2 heterocycles. The Morgan fingerprint density at radius 2 is 2.12 bits per heavy atom. The molecule has 0 aliphatic carbocycles. The maximum absolute atomic E-state index is 12.0. The first kappa shape index (κ1) is 12.3. The molecule has 0 saturated heterocycles. The van der Waals surface area contributed by atoms with Crippen molar-refractivity contribution in [2.45, 2.75) is 19.8 Å². The molecule has 0 aromatic carbocycles. The van der Waals surface area contributed by atoms with Gasteiger partial charge in [-0.1, -0.05) is 24.9 Å². The third-order valence-electron chi connectivity index (χ3n) is 2.31. The number of nitrogens with zero attached hydrogens (tertiary/aromatic N) is 4. The number of aromatic nitrogens is 4. The lowest BCUT2D eigenvalue weighted by Gasteiger charge is -2.04. The summed E-state index contributed by atoms with van der Waals surface area (Å²) in [6.07, 6.45) is 3.84. The summed E-state index contributed by atoms with van der Waals surface area (Å²) in [7, 11) is -3.42. The van der Waals surface area contributed by atoms with E-state index in [0.717, 1.165) is 10.4 Å². The predicted octanol–water partition coefficient (Wildman–Crippen LogP) is 1.46. The third kappa shape index (κ3) is 2.25. The number of rotatable bonds is 4. The summed E-state index contributed by atoms with van der Waals surface area (Å²) in [6.45, 7) is 1.93. The molecular formula is C9H11ClN4O2S. The Bertz CT molecular complexity index is 637. The fourth-order valence-corrected chi connectivity index (χ4v) is 3.03. The van der Waals surface area contributed by atoms with E-state index in [-0.39, 0.29) is 16.6 Å². The number of halogens is 1. The molecule has 2 aromatic heterocycles. The lowest BCUT2D eigenvalue weighted by atomic mass is 10.4. The van der Waals surface area contributed by atoms with Gasteiger partial charge in [-0.15, -0.1) is 0 Å². The highest BCUT2D eigenvalue weighted by atomic mass is 35.5. The average molecular weight is 275 g/mol. The van der Waals surface area contributed by atoms with Crippen molar-refractivity contribution in [2.24, 2.45) is 0 Å². The van der Waals surface area contributed by atoms with Crippen LogP contribution in [0.1, 0.15) is 19.8 Å². The van der Waals surface area contributed by atoms with Crippen LogP contribution in [0.2, 0.25) is 5.15 Å². The Morgan fingerprint density at radius 1 is 1.35 bits per heavy atom. The van der Waals surface area contributed by atoms with Crippen LogP contribution in [-0.2, 0) is 10.0 Å². The normalized spacial score (nSPS) is 12.1. The summed E-state index contributed by atoms with van der Waals surface area (Å²) in [6, 6.07) is 0. The zero-order chi connectivity index (χ0) is 12.5. The number of fused-ring (bicyclic) bond motifs is 1. The van der Waals surface area contributed by atoms with Crippen LogP contribution in [0, 0.1) is 0 Å². The molecule has 0 aliphatic heterocycles. The van der Waals surface area contributed by atoms with Crippen molar-refractivity contribution in [1.29, 1.82) is 0 Å². The molecule has 0 aliphatic rings. The molecule has 8 heteroatoms. The highest BCUT2D eigenvalue weighted by Gasteiger charge is 2.18. The molecule has 0 atom stereocenters. The number of unbranched alkanes of at least 4 members (excludes halogenated alkanes) is 1. The van der Waals surface area contributed by atoms with E-state index in [2.05, 4.69) is 15.0 Å². The van der Waals surface area contributed by atoms with Gasteiger partial charge in [0.25, 0.3) is 0 Å². The van der Waals surface area contributed by atoms with Gasteiger partial charge in [0.15, 0.2) is 10.8 Å². The summed E-state index contributed by atoms with van der Waals surface area (Å²) in [5, 5.41) is 0.152. The van der Waals surface area contributed by atoms with Crippen LogP contribution < -0.4 is 0 Å². The second kappa shape index (κ2) is 4.58. The quantitative estimate of drug-likeness (QED) is 0.789. The lowest BCUT2D eigenvalue weighted by molar-refractivity contribution is 0.585. The molecule has 0 bridgehead atoms. The van der Waals surface area contributed by atoms with Gasteiger partial charge in [-0.05, 0) is 6.42 Å². The summed E-state index contributed by atoms with van der Waals surface area (Å²) in [5.74, 6) is 0.0661. The highest BCUT2D eigenvalue weighted by molar-refractivity contribution is 7.90. The Morgan fingerprint density at radius 3 is 2.82 bits per heavy atom. The van der Waals surface area contributed by atoms with Gasteiger partial charge in [0.05, 0.1) is 5.75 Å². The Labute approximate surface area is 104 Å². The van der Waals surface area contributed by atoms with E-state index in [1.165, 1.54) is 12.7 Å². The minimum Gasteiger partial charge on any atom is -0.231 e. The van der Waals surface area contributed by atoms with E-state index in [1.54, 1.807) is 0 Å². The lowest BCUT2D eigenvalue weighted by Crippen LogP contribution is -2.16.